The lowest BCUT2D eigenvalue weighted by Gasteiger charge is -2.22. The second kappa shape index (κ2) is 6.10. The van der Waals surface area contributed by atoms with Crippen LogP contribution in [-0.2, 0) is 12.8 Å². The van der Waals surface area contributed by atoms with Crippen LogP contribution in [0.25, 0.3) is 10.8 Å². The molecule has 3 nitrogen and oxygen atoms in total. The molecule has 3 N–H and O–H groups in total. The zero-order chi connectivity index (χ0) is 16.5. The van der Waals surface area contributed by atoms with Crippen LogP contribution in [0.3, 0.4) is 0 Å². The lowest BCUT2D eigenvalue weighted by molar-refractivity contribution is 0.102. The summed E-state index contributed by atoms with van der Waals surface area (Å²) in [5.41, 5.74) is 10.1. The van der Waals surface area contributed by atoms with E-state index in [4.69, 9.17) is 5.73 Å². The number of aryl methyl sites for hydroxylation is 1. The maximum Gasteiger partial charge on any atom is 0.255 e. The molecular formula is C21H20N2O. The van der Waals surface area contributed by atoms with E-state index in [-0.39, 0.29) is 11.9 Å². The highest BCUT2D eigenvalue weighted by Crippen LogP contribution is 2.24. The van der Waals surface area contributed by atoms with Crippen LogP contribution in [0.5, 0.6) is 0 Å². The Morgan fingerprint density at radius 1 is 0.958 bits per heavy atom. The van der Waals surface area contributed by atoms with Crippen LogP contribution in [0.2, 0.25) is 0 Å². The number of carbonyl (C=O) groups excluding carboxylic acids is 1. The van der Waals surface area contributed by atoms with Gasteiger partial charge in [-0.1, -0.05) is 36.4 Å². The molecule has 0 radical (unpaired) electrons. The van der Waals surface area contributed by atoms with Gasteiger partial charge in [0.05, 0.1) is 0 Å². The van der Waals surface area contributed by atoms with Crippen molar-refractivity contribution in [3.8, 4) is 0 Å². The minimum atomic E-state index is -0.0757. The molecule has 4 rings (SSSR count). The van der Waals surface area contributed by atoms with Gasteiger partial charge in [0, 0.05) is 17.3 Å². The normalized spacial score (nSPS) is 16.6. The van der Waals surface area contributed by atoms with Crippen molar-refractivity contribution in [2.24, 2.45) is 5.73 Å². The molecule has 0 spiro atoms. The van der Waals surface area contributed by atoms with Gasteiger partial charge in [-0.3, -0.25) is 4.79 Å². The molecule has 0 saturated carbocycles. The number of hydrogen-bond donors (Lipinski definition) is 2. The molecule has 0 heterocycles. The monoisotopic (exact) mass is 316 g/mol. The number of carbonyl (C=O) groups is 1. The highest BCUT2D eigenvalue weighted by atomic mass is 16.1. The van der Waals surface area contributed by atoms with Crippen LogP contribution in [0.15, 0.2) is 60.7 Å². The van der Waals surface area contributed by atoms with Crippen LogP contribution in [0, 0.1) is 0 Å². The van der Waals surface area contributed by atoms with Crippen molar-refractivity contribution in [2.45, 2.75) is 25.3 Å². The number of benzene rings is 3. The van der Waals surface area contributed by atoms with Gasteiger partial charge >= 0.3 is 0 Å². The second-order valence-corrected chi connectivity index (χ2v) is 6.50. The van der Waals surface area contributed by atoms with E-state index < -0.39 is 0 Å². The molecule has 1 amide bonds. The molecule has 0 aromatic heterocycles. The molecule has 3 aromatic carbocycles. The Labute approximate surface area is 141 Å². The highest BCUT2D eigenvalue weighted by Gasteiger charge is 2.16. The number of hydrogen-bond acceptors (Lipinski definition) is 2. The topological polar surface area (TPSA) is 55.1 Å². The van der Waals surface area contributed by atoms with Crippen molar-refractivity contribution in [2.75, 3.05) is 5.32 Å². The number of nitrogens with one attached hydrogen (secondary N) is 1. The molecule has 3 aromatic rings. The van der Waals surface area contributed by atoms with Gasteiger partial charge in [0.25, 0.3) is 5.91 Å². The standard InChI is InChI=1S/C21H20N2O/c22-19-9-7-17-13-20(10-8-16(17)12-19)23-21(24)18-6-5-14-3-1-2-4-15(14)11-18/h1-6,8,10-11,13,19H,7,9,12,22H2,(H,23,24). The van der Waals surface area contributed by atoms with Crippen LogP contribution >= 0.6 is 0 Å². The summed E-state index contributed by atoms with van der Waals surface area (Å²) in [4.78, 5) is 12.5. The first-order chi connectivity index (χ1) is 11.7. The maximum atomic E-state index is 12.5. The third kappa shape index (κ3) is 2.91. The molecule has 1 aliphatic carbocycles. The average molecular weight is 316 g/mol. The predicted molar refractivity (Wildman–Crippen MR) is 98.3 cm³/mol. The van der Waals surface area contributed by atoms with Crippen molar-refractivity contribution < 1.29 is 4.79 Å². The zero-order valence-electron chi connectivity index (χ0n) is 13.5. The molecule has 3 heteroatoms. The molecule has 0 aliphatic heterocycles. The van der Waals surface area contributed by atoms with Gasteiger partial charge in [0.2, 0.25) is 0 Å². The Morgan fingerprint density at radius 3 is 2.67 bits per heavy atom. The lowest BCUT2D eigenvalue weighted by Crippen LogP contribution is -2.27. The van der Waals surface area contributed by atoms with Gasteiger partial charge in [-0.15, -0.1) is 0 Å². The molecule has 1 unspecified atom stereocenters. The fourth-order valence-corrected chi connectivity index (χ4v) is 3.39. The summed E-state index contributed by atoms with van der Waals surface area (Å²) in [7, 11) is 0. The Kier molecular flexibility index (Phi) is 3.79. The van der Waals surface area contributed by atoms with Crippen molar-refractivity contribution in [3.05, 3.63) is 77.4 Å². The quantitative estimate of drug-likeness (QED) is 0.753. The van der Waals surface area contributed by atoms with Crippen molar-refractivity contribution in [3.63, 3.8) is 0 Å². The van der Waals surface area contributed by atoms with Gasteiger partial charge in [0.1, 0.15) is 0 Å². The van der Waals surface area contributed by atoms with Gasteiger partial charge in [-0.2, -0.15) is 0 Å². The molecule has 0 saturated heterocycles. The summed E-state index contributed by atoms with van der Waals surface area (Å²) < 4.78 is 0. The van der Waals surface area contributed by atoms with Crippen molar-refractivity contribution >= 4 is 22.4 Å². The SMILES string of the molecule is NC1CCc2cc(NC(=O)c3ccc4ccccc4c3)ccc2C1. The van der Waals surface area contributed by atoms with Crippen LogP contribution in [-0.4, -0.2) is 11.9 Å². The fraction of sp³-hybridized carbons (Fsp3) is 0.190. The lowest BCUT2D eigenvalue weighted by atomic mass is 9.88. The Morgan fingerprint density at radius 2 is 1.79 bits per heavy atom. The summed E-state index contributed by atoms with van der Waals surface area (Å²) in [5.74, 6) is -0.0757. The van der Waals surface area contributed by atoms with E-state index in [2.05, 4.69) is 17.4 Å². The van der Waals surface area contributed by atoms with Gasteiger partial charge in [-0.05, 0) is 65.4 Å². The number of amides is 1. The van der Waals surface area contributed by atoms with E-state index in [1.807, 2.05) is 48.5 Å². The number of rotatable bonds is 2. The number of fused-ring (bicyclic) bond motifs is 2. The van der Waals surface area contributed by atoms with E-state index in [0.29, 0.717) is 5.56 Å². The molecular weight excluding hydrogens is 296 g/mol. The number of nitrogens with two attached hydrogens (primary N) is 1. The first kappa shape index (κ1) is 14.9. The second-order valence-electron chi connectivity index (χ2n) is 6.50. The minimum Gasteiger partial charge on any atom is -0.327 e. The summed E-state index contributed by atoms with van der Waals surface area (Å²) in [6.45, 7) is 0. The van der Waals surface area contributed by atoms with Crippen molar-refractivity contribution in [1.29, 1.82) is 0 Å². The van der Waals surface area contributed by atoms with E-state index in [1.54, 1.807) is 0 Å². The molecule has 120 valence electrons. The molecule has 1 aliphatic rings. The highest BCUT2D eigenvalue weighted by molar-refractivity contribution is 6.06. The molecule has 0 bridgehead atoms. The fourth-order valence-electron chi connectivity index (χ4n) is 3.39. The Hall–Kier alpha value is -2.65. The summed E-state index contributed by atoms with van der Waals surface area (Å²) in [6, 6.07) is 20.2. The van der Waals surface area contributed by atoms with Gasteiger partial charge in [-0.25, -0.2) is 0 Å². The summed E-state index contributed by atoms with van der Waals surface area (Å²) in [5, 5.41) is 5.23. The summed E-state index contributed by atoms with van der Waals surface area (Å²) in [6.07, 6.45) is 2.92. The van der Waals surface area contributed by atoms with E-state index in [0.717, 1.165) is 35.7 Å². The number of anilines is 1. The van der Waals surface area contributed by atoms with E-state index in [9.17, 15) is 4.79 Å². The average Bonchev–Trinajstić information content (AvgIpc) is 2.61. The van der Waals surface area contributed by atoms with Gasteiger partial charge in [0.15, 0.2) is 0 Å². The summed E-state index contributed by atoms with van der Waals surface area (Å²) >= 11 is 0. The van der Waals surface area contributed by atoms with Crippen LogP contribution in [0.4, 0.5) is 5.69 Å². The largest absolute Gasteiger partial charge is 0.327 e. The van der Waals surface area contributed by atoms with Crippen molar-refractivity contribution in [1.82, 2.24) is 0 Å². The van der Waals surface area contributed by atoms with Gasteiger partial charge < -0.3 is 11.1 Å². The molecule has 0 fully saturated rings. The van der Waals surface area contributed by atoms with Crippen LogP contribution in [0.1, 0.15) is 27.9 Å². The first-order valence-electron chi connectivity index (χ1n) is 8.36. The molecule has 24 heavy (non-hydrogen) atoms. The smallest absolute Gasteiger partial charge is 0.255 e. The predicted octanol–water partition coefficient (Wildman–Crippen LogP) is 3.91. The third-order valence-electron chi connectivity index (χ3n) is 4.74. The Balaban J connectivity index is 1.57. The van der Waals surface area contributed by atoms with Crippen LogP contribution < -0.4 is 11.1 Å². The third-order valence-corrected chi connectivity index (χ3v) is 4.74. The van der Waals surface area contributed by atoms with E-state index >= 15 is 0 Å². The van der Waals surface area contributed by atoms with E-state index in [1.165, 1.54) is 11.1 Å². The zero-order valence-corrected chi connectivity index (χ0v) is 13.5. The molecule has 1 atom stereocenters. The minimum absolute atomic E-state index is 0.0757. The Bertz CT molecular complexity index is 917. The maximum absolute atomic E-state index is 12.5. The first-order valence-corrected chi connectivity index (χ1v) is 8.36.